The normalized spacial score (nSPS) is 27.8. The van der Waals surface area contributed by atoms with Crippen molar-refractivity contribution < 1.29 is 28.3 Å². The Morgan fingerprint density at radius 3 is 2.53 bits per heavy atom. The molecule has 3 heterocycles. The van der Waals surface area contributed by atoms with Crippen LogP contribution in [-0.2, 0) is 26.4 Å². The molecule has 0 aliphatic carbocycles. The van der Waals surface area contributed by atoms with Crippen LogP contribution in [0.3, 0.4) is 0 Å². The predicted molar refractivity (Wildman–Crippen MR) is 140 cm³/mol. The van der Waals surface area contributed by atoms with Crippen molar-refractivity contribution in [3.05, 3.63) is 58.1 Å². The number of amides is 2. The molecule has 0 bridgehead atoms. The number of aliphatic hydroxyl groups excluding tert-OH is 1. The van der Waals surface area contributed by atoms with Crippen LogP contribution in [0.25, 0.3) is 0 Å². The number of rotatable bonds is 6. The number of cyclic esters (lactones) is 1. The van der Waals surface area contributed by atoms with Crippen molar-refractivity contribution in [3.63, 3.8) is 0 Å². The van der Waals surface area contributed by atoms with Crippen LogP contribution in [0.5, 0.6) is 0 Å². The monoisotopic (exact) mass is 576 g/mol. The molecular weight excluding hydrogens is 547 g/mol. The highest BCUT2D eigenvalue weighted by molar-refractivity contribution is 9.10. The number of benzene rings is 2. The van der Waals surface area contributed by atoms with Crippen LogP contribution >= 0.6 is 15.9 Å². The minimum absolute atomic E-state index is 0.130. The molecule has 2 aromatic rings. The highest BCUT2D eigenvalue weighted by Crippen LogP contribution is 2.60. The summed E-state index contributed by atoms with van der Waals surface area (Å²) >= 11 is 3.53. The van der Waals surface area contributed by atoms with E-state index in [2.05, 4.69) is 15.9 Å². The van der Waals surface area contributed by atoms with Gasteiger partial charge in [0, 0.05) is 33.8 Å². The van der Waals surface area contributed by atoms with Crippen LogP contribution in [0, 0.1) is 5.92 Å². The van der Waals surface area contributed by atoms with Gasteiger partial charge in [-0.05, 0) is 55.4 Å². The van der Waals surface area contributed by atoms with Crippen LogP contribution in [-0.4, -0.2) is 51.4 Å². The van der Waals surface area contributed by atoms with Gasteiger partial charge in [0.15, 0.2) is 5.60 Å². The third kappa shape index (κ3) is 3.98. The second-order valence-corrected chi connectivity index (χ2v) is 15.0. The number of aliphatic hydroxyl groups is 1. The van der Waals surface area contributed by atoms with Gasteiger partial charge in [-0.15, -0.1) is 0 Å². The van der Waals surface area contributed by atoms with E-state index in [0.29, 0.717) is 19.7 Å². The van der Waals surface area contributed by atoms with E-state index in [1.165, 1.54) is 0 Å². The zero-order chi connectivity index (χ0) is 25.8. The molecule has 36 heavy (non-hydrogen) atoms. The molecule has 0 unspecified atom stereocenters. The zero-order valence-corrected chi connectivity index (χ0v) is 23.1. The summed E-state index contributed by atoms with van der Waals surface area (Å²) in [4.78, 5) is 29.4. The van der Waals surface area contributed by atoms with E-state index in [4.69, 9.17) is 9.47 Å². The summed E-state index contributed by atoms with van der Waals surface area (Å²) in [5.74, 6) is -0.603. The molecular formula is C26H30BrFN2O5Si. The molecule has 0 saturated carbocycles. The largest absolute Gasteiger partial charge is 0.447 e. The Labute approximate surface area is 219 Å². The Morgan fingerprint density at radius 2 is 1.92 bits per heavy atom. The third-order valence-corrected chi connectivity index (χ3v) is 10.6. The molecule has 10 heteroatoms. The molecule has 192 valence electrons. The zero-order valence-electron chi connectivity index (χ0n) is 20.5. The lowest BCUT2D eigenvalue weighted by atomic mass is 9.82. The molecule has 4 atom stereocenters. The van der Waals surface area contributed by atoms with Gasteiger partial charge in [0.1, 0.15) is 6.61 Å². The summed E-state index contributed by atoms with van der Waals surface area (Å²) in [5, 5.41) is 9.68. The molecule has 0 aromatic heterocycles. The first-order chi connectivity index (χ1) is 17.1. The van der Waals surface area contributed by atoms with Crippen molar-refractivity contribution in [3.8, 4) is 0 Å². The Kier molecular flexibility index (Phi) is 6.51. The summed E-state index contributed by atoms with van der Waals surface area (Å²) in [6.07, 6.45) is -0.613. The fourth-order valence-electron chi connectivity index (χ4n) is 6.17. The first kappa shape index (κ1) is 25.4. The summed E-state index contributed by atoms with van der Waals surface area (Å²) in [5.41, 5.74) is 1.37. The number of carbonyl (C=O) groups excluding carboxylic acids is 2. The second kappa shape index (κ2) is 9.23. The van der Waals surface area contributed by atoms with E-state index in [1.54, 1.807) is 22.9 Å². The summed E-state index contributed by atoms with van der Waals surface area (Å²) in [7, 11) is -3.23. The first-order valence-electron chi connectivity index (χ1n) is 12.2. The smallest absolute Gasteiger partial charge is 0.414 e. The lowest BCUT2D eigenvalue weighted by Crippen LogP contribution is -2.45. The lowest BCUT2D eigenvalue weighted by molar-refractivity contribution is -0.146. The lowest BCUT2D eigenvalue weighted by Gasteiger charge is -2.31. The van der Waals surface area contributed by atoms with Crippen LogP contribution < -0.4 is 9.80 Å². The van der Waals surface area contributed by atoms with Gasteiger partial charge in [0.2, 0.25) is 8.41 Å². The number of halogens is 2. The maximum atomic E-state index is 15.6. The van der Waals surface area contributed by atoms with Crippen molar-refractivity contribution >= 4 is 47.7 Å². The molecule has 3 aliphatic heterocycles. The number of nitrogens with zero attached hydrogens (tertiary/aromatic N) is 2. The molecule has 1 N–H and O–H groups in total. The van der Waals surface area contributed by atoms with Gasteiger partial charge >= 0.3 is 6.09 Å². The van der Waals surface area contributed by atoms with Gasteiger partial charge in [-0.25, -0.2) is 4.79 Å². The van der Waals surface area contributed by atoms with Gasteiger partial charge in [-0.3, -0.25) is 9.69 Å². The molecule has 3 aliphatic rings. The van der Waals surface area contributed by atoms with E-state index in [-0.39, 0.29) is 25.0 Å². The standard InChI is InChI=1S/C26H30BrFN2O5Si/c1-16-23(36(2,3)28)22(10-12-31)35-26(16)20-14-18(27)6-9-21(20)30(24(26)32)15-17-4-7-19(8-5-17)29-11-13-34-25(29)33/h4-9,14,16,22-23,31H,10-13,15H2,1-3H3/t16-,22+,23-,26+/m0/s1. The fraction of sp³-hybridized carbons (Fsp3) is 0.462. The summed E-state index contributed by atoms with van der Waals surface area (Å²) < 4.78 is 27.9. The number of carbonyl (C=O) groups is 2. The van der Waals surface area contributed by atoms with Gasteiger partial charge in [0.05, 0.1) is 24.9 Å². The quantitative estimate of drug-likeness (QED) is 0.382. The van der Waals surface area contributed by atoms with Gasteiger partial charge in [-0.2, -0.15) is 0 Å². The van der Waals surface area contributed by atoms with Crippen LogP contribution in [0.2, 0.25) is 18.6 Å². The van der Waals surface area contributed by atoms with Crippen LogP contribution in [0.1, 0.15) is 24.5 Å². The van der Waals surface area contributed by atoms with Crippen molar-refractivity contribution in [1.82, 2.24) is 0 Å². The number of hydrogen-bond donors (Lipinski definition) is 1. The SMILES string of the molecule is C[C@H]1[C@H]([Si](C)(C)F)[C@@H](CCO)O[C@]12C(=O)N(Cc1ccc(N3CCOC3=O)cc1)c1ccc(Br)cc12. The minimum atomic E-state index is -3.23. The van der Waals surface area contributed by atoms with Gasteiger partial charge < -0.3 is 23.6 Å². The Balaban J connectivity index is 1.50. The fourth-order valence-corrected chi connectivity index (χ4v) is 9.07. The molecule has 5 rings (SSSR count). The highest BCUT2D eigenvalue weighted by Gasteiger charge is 2.66. The predicted octanol–water partition coefficient (Wildman–Crippen LogP) is 5.11. The highest BCUT2D eigenvalue weighted by atomic mass is 79.9. The molecule has 2 aromatic carbocycles. The molecule has 2 saturated heterocycles. The number of anilines is 2. The van der Waals surface area contributed by atoms with Crippen molar-refractivity contribution in [2.75, 3.05) is 29.6 Å². The van der Waals surface area contributed by atoms with E-state index >= 15 is 4.11 Å². The Morgan fingerprint density at radius 1 is 1.19 bits per heavy atom. The van der Waals surface area contributed by atoms with E-state index < -0.39 is 31.6 Å². The van der Waals surface area contributed by atoms with Crippen molar-refractivity contribution in [2.24, 2.45) is 5.92 Å². The minimum Gasteiger partial charge on any atom is -0.447 e. The summed E-state index contributed by atoms with van der Waals surface area (Å²) in [6.45, 7) is 6.26. The Bertz CT molecular complexity index is 1190. The maximum absolute atomic E-state index is 15.6. The Hall–Kier alpha value is -2.27. The van der Waals surface area contributed by atoms with Gasteiger partial charge in [-0.1, -0.05) is 35.0 Å². The average Bonchev–Trinajstić information content (AvgIpc) is 3.44. The molecule has 2 fully saturated rings. The molecule has 0 radical (unpaired) electrons. The van der Waals surface area contributed by atoms with Crippen molar-refractivity contribution in [2.45, 2.75) is 50.2 Å². The molecule has 1 spiro atoms. The van der Waals surface area contributed by atoms with Crippen molar-refractivity contribution in [1.29, 1.82) is 0 Å². The van der Waals surface area contributed by atoms with E-state index in [9.17, 15) is 14.7 Å². The number of fused-ring (bicyclic) bond motifs is 2. The van der Waals surface area contributed by atoms with Crippen LogP contribution in [0.4, 0.5) is 20.3 Å². The number of hydrogen-bond acceptors (Lipinski definition) is 5. The second-order valence-electron chi connectivity index (χ2n) is 10.3. The first-order valence-corrected chi connectivity index (χ1v) is 16.0. The average molecular weight is 578 g/mol. The van der Waals surface area contributed by atoms with E-state index in [1.807, 2.05) is 49.4 Å². The number of ether oxygens (including phenoxy) is 2. The maximum Gasteiger partial charge on any atom is 0.414 e. The summed E-state index contributed by atoms with van der Waals surface area (Å²) in [6, 6.07) is 13.2. The molecule has 7 nitrogen and oxygen atoms in total. The third-order valence-electron chi connectivity index (χ3n) is 7.69. The molecule has 2 amide bonds. The van der Waals surface area contributed by atoms with Gasteiger partial charge in [0.25, 0.3) is 5.91 Å². The topological polar surface area (TPSA) is 79.3 Å². The van der Waals surface area contributed by atoms with E-state index in [0.717, 1.165) is 27.0 Å². The van der Waals surface area contributed by atoms with Crippen LogP contribution in [0.15, 0.2) is 46.9 Å².